The number of carbonyl (C=O) groups is 1. The molecule has 1 atom stereocenters. The number of rotatable bonds is 5. The molecule has 3 rings (SSSR count). The average molecular weight is 355 g/mol. The number of halogens is 1. The number of ether oxygens (including phenoxy) is 1. The van der Waals surface area contributed by atoms with Crippen molar-refractivity contribution in [2.45, 2.75) is 13.8 Å². The Morgan fingerprint density at radius 2 is 1.92 bits per heavy atom. The molecule has 0 saturated carbocycles. The van der Waals surface area contributed by atoms with Crippen LogP contribution in [0.2, 0.25) is 0 Å². The van der Waals surface area contributed by atoms with Gasteiger partial charge in [0.1, 0.15) is 11.2 Å². The standard InChI is InChI=1S/C20H22FN3O2/c1-3-26-19(25)20(2)14-24(17-11-9-15(21)10-12-17)13-18(20)23-22-16-7-5-4-6-8-16/h4-12,22H,3,13-14H2,1-2H3/b23-18+. The van der Waals surface area contributed by atoms with Crippen molar-refractivity contribution in [2.75, 3.05) is 30.0 Å². The Bertz CT molecular complexity index is 792. The summed E-state index contributed by atoms with van der Waals surface area (Å²) in [5, 5.41) is 4.49. The van der Waals surface area contributed by atoms with E-state index in [0.29, 0.717) is 25.4 Å². The van der Waals surface area contributed by atoms with Gasteiger partial charge in [0.05, 0.1) is 24.6 Å². The average Bonchev–Trinajstić information content (AvgIpc) is 3.00. The molecule has 26 heavy (non-hydrogen) atoms. The van der Waals surface area contributed by atoms with Crippen molar-refractivity contribution in [1.29, 1.82) is 0 Å². The maximum atomic E-state index is 13.2. The molecule has 2 aromatic rings. The number of carbonyl (C=O) groups excluding carboxylic acids is 1. The van der Waals surface area contributed by atoms with Crippen molar-refractivity contribution in [1.82, 2.24) is 0 Å². The van der Waals surface area contributed by atoms with E-state index in [1.54, 1.807) is 19.1 Å². The second-order valence-corrected chi connectivity index (χ2v) is 6.42. The van der Waals surface area contributed by atoms with Gasteiger partial charge in [-0.25, -0.2) is 4.39 Å². The van der Waals surface area contributed by atoms with E-state index in [1.807, 2.05) is 42.2 Å². The molecule has 0 aromatic heterocycles. The first-order chi connectivity index (χ1) is 12.5. The quantitative estimate of drug-likeness (QED) is 0.657. The monoisotopic (exact) mass is 355 g/mol. The highest BCUT2D eigenvalue weighted by Crippen LogP contribution is 2.33. The van der Waals surface area contributed by atoms with Crippen LogP contribution in [0.15, 0.2) is 59.7 Å². The first kappa shape index (κ1) is 17.9. The summed E-state index contributed by atoms with van der Waals surface area (Å²) in [6.07, 6.45) is 0. The van der Waals surface area contributed by atoms with Gasteiger partial charge in [-0.3, -0.25) is 10.2 Å². The highest BCUT2D eigenvalue weighted by Gasteiger charge is 2.47. The molecule has 1 saturated heterocycles. The van der Waals surface area contributed by atoms with Crippen molar-refractivity contribution in [3.05, 3.63) is 60.4 Å². The fourth-order valence-corrected chi connectivity index (χ4v) is 2.99. The van der Waals surface area contributed by atoms with Crippen LogP contribution in [0.3, 0.4) is 0 Å². The molecule has 0 radical (unpaired) electrons. The van der Waals surface area contributed by atoms with Crippen LogP contribution >= 0.6 is 0 Å². The molecule has 6 heteroatoms. The van der Waals surface area contributed by atoms with Crippen LogP contribution in [-0.2, 0) is 9.53 Å². The van der Waals surface area contributed by atoms with E-state index in [0.717, 1.165) is 11.4 Å². The van der Waals surface area contributed by atoms with E-state index >= 15 is 0 Å². The summed E-state index contributed by atoms with van der Waals surface area (Å²) in [6, 6.07) is 15.8. The van der Waals surface area contributed by atoms with Gasteiger partial charge in [0.2, 0.25) is 0 Å². The largest absolute Gasteiger partial charge is 0.465 e. The first-order valence-corrected chi connectivity index (χ1v) is 8.59. The summed E-state index contributed by atoms with van der Waals surface area (Å²) in [7, 11) is 0. The lowest BCUT2D eigenvalue weighted by Crippen LogP contribution is -2.38. The molecule has 1 fully saturated rings. The Morgan fingerprint density at radius 1 is 1.23 bits per heavy atom. The number of benzene rings is 2. The van der Waals surface area contributed by atoms with Crippen LogP contribution in [0.4, 0.5) is 15.8 Å². The van der Waals surface area contributed by atoms with Crippen LogP contribution in [0.1, 0.15) is 13.8 Å². The van der Waals surface area contributed by atoms with Crippen LogP contribution in [0.5, 0.6) is 0 Å². The summed E-state index contributed by atoms with van der Waals surface area (Å²) < 4.78 is 18.5. The lowest BCUT2D eigenvalue weighted by atomic mass is 9.88. The van der Waals surface area contributed by atoms with Gasteiger partial charge < -0.3 is 9.64 Å². The second kappa shape index (κ2) is 7.56. The molecule has 1 N–H and O–H groups in total. The molecule has 136 valence electrons. The zero-order valence-electron chi connectivity index (χ0n) is 14.9. The van der Waals surface area contributed by atoms with Gasteiger partial charge in [0.15, 0.2) is 0 Å². The topological polar surface area (TPSA) is 53.9 Å². The molecule has 2 aromatic carbocycles. The maximum absolute atomic E-state index is 13.2. The van der Waals surface area contributed by atoms with Crippen LogP contribution < -0.4 is 10.3 Å². The lowest BCUT2D eigenvalue weighted by molar-refractivity contribution is -0.149. The molecule has 5 nitrogen and oxygen atoms in total. The molecule has 1 unspecified atom stereocenters. The highest BCUT2D eigenvalue weighted by atomic mass is 19.1. The van der Waals surface area contributed by atoms with Crippen LogP contribution in [0.25, 0.3) is 0 Å². The second-order valence-electron chi connectivity index (χ2n) is 6.42. The number of nitrogens with one attached hydrogen (secondary N) is 1. The minimum Gasteiger partial charge on any atom is -0.465 e. The fraction of sp³-hybridized carbons (Fsp3) is 0.300. The number of hydrogen-bond acceptors (Lipinski definition) is 5. The minimum atomic E-state index is -0.869. The Kier molecular flexibility index (Phi) is 5.21. The van der Waals surface area contributed by atoms with Crippen molar-refractivity contribution >= 4 is 23.1 Å². The Labute approximate surface area is 152 Å². The van der Waals surface area contributed by atoms with Gasteiger partial charge in [-0.05, 0) is 50.2 Å². The zero-order valence-corrected chi connectivity index (χ0v) is 14.9. The van der Waals surface area contributed by atoms with E-state index in [9.17, 15) is 9.18 Å². The third kappa shape index (κ3) is 3.69. The van der Waals surface area contributed by atoms with Crippen LogP contribution in [-0.4, -0.2) is 31.4 Å². The SMILES string of the molecule is CCOC(=O)C1(C)CN(c2ccc(F)cc2)C/C1=N\Nc1ccccc1. The Hall–Kier alpha value is -2.89. The van der Waals surface area contributed by atoms with E-state index in [1.165, 1.54) is 12.1 Å². The predicted octanol–water partition coefficient (Wildman–Crippen LogP) is 3.68. The van der Waals surface area contributed by atoms with Crippen molar-refractivity contribution in [3.63, 3.8) is 0 Å². The van der Waals surface area contributed by atoms with Gasteiger partial charge in [-0.1, -0.05) is 18.2 Å². The number of hydrogen-bond donors (Lipinski definition) is 1. The Balaban J connectivity index is 1.88. The van der Waals surface area contributed by atoms with Gasteiger partial charge in [-0.2, -0.15) is 5.10 Å². The molecular formula is C20H22FN3O2. The molecule has 0 spiro atoms. The van der Waals surface area contributed by atoms with E-state index in [-0.39, 0.29) is 11.8 Å². The van der Waals surface area contributed by atoms with Crippen LogP contribution in [0, 0.1) is 11.2 Å². The van der Waals surface area contributed by atoms with Crippen molar-refractivity contribution < 1.29 is 13.9 Å². The minimum absolute atomic E-state index is 0.291. The molecule has 0 amide bonds. The number of para-hydroxylation sites is 1. The van der Waals surface area contributed by atoms with E-state index < -0.39 is 5.41 Å². The lowest BCUT2D eigenvalue weighted by Gasteiger charge is -2.23. The number of anilines is 2. The number of nitrogens with zero attached hydrogens (tertiary/aromatic N) is 2. The number of hydrazone groups is 1. The van der Waals surface area contributed by atoms with Gasteiger partial charge >= 0.3 is 5.97 Å². The third-order valence-electron chi connectivity index (χ3n) is 4.50. The van der Waals surface area contributed by atoms with Gasteiger partial charge in [-0.15, -0.1) is 0 Å². The normalized spacial score (nSPS) is 21.0. The fourth-order valence-electron chi connectivity index (χ4n) is 2.99. The summed E-state index contributed by atoms with van der Waals surface area (Å²) in [6.45, 7) is 4.81. The maximum Gasteiger partial charge on any atom is 0.319 e. The summed E-state index contributed by atoms with van der Waals surface area (Å²) in [5.41, 5.74) is 4.51. The van der Waals surface area contributed by atoms with Gasteiger partial charge in [0.25, 0.3) is 0 Å². The zero-order chi connectivity index (χ0) is 18.6. The molecule has 0 aliphatic carbocycles. The first-order valence-electron chi connectivity index (χ1n) is 8.59. The van der Waals surface area contributed by atoms with E-state index in [4.69, 9.17) is 4.74 Å². The Morgan fingerprint density at radius 3 is 2.58 bits per heavy atom. The predicted molar refractivity (Wildman–Crippen MR) is 101 cm³/mol. The number of esters is 1. The highest BCUT2D eigenvalue weighted by molar-refractivity contribution is 6.11. The van der Waals surface area contributed by atoms with Crippen molar-refractivity contribution in [2.24, 2.45) is 10.5 Å². The molecule has 1 aliphatic rings. The summed E-state index contributed by atoms with van der Waals surface area (Å²) >= 11 is 0. The summed E-state index contributed by atoms with van der Waals surface area (Å²) in [5.74, 6) is -0.598. The van der Waals surface area contributed by atoms with E-state index in [2.05, 4.69) is 10.5 Å². The smallest absolute Gasteiger partial charge is 0.319 e. The molecule has 1 aliphatic heterocycles. The van der Waals surface area contributed by atoms with Gasteiger partial charge in [0, 0.05) is 12.2 Å². The summed E-state index contributed by atoms with van der Waals surface area (Å²) in [4.78, 5) is 14.6. The molecule has 0 bridgehead atoms. The van der Waals surface area contributed by atoms with Crippen molar-refractivity contribution in [3.8, 4) is 0 Å². The molecular weight excluding hydrogens is 333 g/mol. The third-order valence-corrected chi connectivity index (χ3v) is 4.50. The molecule has 1 heterocycles.